The Morgan fingerprint density at radius 3 is 2.62 bits per heavy atom. The summed E-state index contributed by atoms with van der Waals surface area (Å²) in [6.07, 6.45) is -0.246. The average molecular weight is 328 g/mol. The first-order valence-electron chi connectivity index (χ1n) is 7.78. The van der Waals surface area contributed by atoms with Crippen LogP contribution >= 0.6 is 11.6 Å². The zero-order chi connectivity index (χ0) is 15.9. The van der Waals surface area contributed by atoms with Crippen molar-refractivity contribution in [2.75, 3.05) is 12.4 Å². The Balaban J connectivity index is 2.43. The minimum Gasteiger partial charge on any atom is -0.356 e. The van der Waals surface area contributed by atoms with E-state index in [0.29, 0.717) is 31.2 Å². The summed E-state index contributed by atoms with van der Waals surface area (Å²) in [4.78, 5) is 12.1. The van der Waals surface area contributed by atoms with Gasteiger partial charge in [0.2, 0.25) is 5.91 Å². The van der Waals surface area contributed by atoms with Crippen molar-refractivity contribution >= 4 is 17.5 Å². The van der Waals surface area contributed by atoms with Crippen molar-refractivity contribution < 1.29 is 18.0 Å². The number of hydrogen-bond acceptors (Lipinski definition) is 1. The maximum Gasteiger partial charge on any atom is 0.391 e. The summed E-state index contributed by atoms with van der Waals surface area (Å²) in [7, 11) is 0. The molecule has 3 atom stereocenters. The summed E-state index contributed by atoms with van der Waals surface area (Å²) in [6.45, 7) is 2.59. The van der Waals surface area contributed by atoms with Gasteiger partial charge in [0, 0.05) is 18.3 Å². The molecule has 1 amide bonds. The SMILES string of the molecule is CCCC(CCCl)CNC(=O)C1CCCC(C(F)(F)F)C1. The maximum atomic E-state index is 12.7. The van der Waals surface area contributed by atoms with Gasteiger partial charge in [0.15, 0.2) is 0 Å². The fourth-order valence-electron chi connectivity index (χ4n) is 3.03. The van der Waals surface area contributed by atoms with Crippen molar-refractivity contribution in [2.45, 2.75) is 58.0 Å². The van der Waals surface area contributed by atoms with Gasteiger partial charge >= 0.3 is 6.18 Å². The molecular formula is C15H25ClF3NO. The zero-order valence-electron chi connectivity index (χ0n) is 12.5. The minimum atomic E-state index is -4.18. The van der Waals surface area contributed by atoms with Crippen molar-refractivity contribution in [3.05, 3.63) is 0 Å². The molecule has 1 aliphatic rings. The summed E-state index contributed by atoms with van der Waals surface area (Å²) in [6, 6.07) is 0. The van der Waals surface area contributed by atoms with Crippen molar-refractivity contribution in [3.63, 3.8) is 0 Å². The monoisotopic (exact) mass is 327 g/mol. The van der Waals surface area contributed by atoms with Gasteiger partial charge in [-0.25, -0.2) is 0 Å². The van der Waals surface area contributed by atoms with Crippen LogP contribution < -0.4 is 5.32 Å². The molecule has 1 rings (SSSR count). The summed E-state index contributed by atoms with van der Waals surface area (Å²) < 4.78 is 38.2. The number of nitrogens with one attached hydrogen (secondary N) is 1. The second-order valence-electron chi connectivity index (χ2n) is 5.98. The number of hydrogen-bond donors (Lipinski definition) is 1. The molecule has 0 bridgehead atoms. The maximum absolute atomic E-state index is 12.7. The lowest BCUT2D eigenvalue weighted by Crippen LogP contribution is -2.39. The van der Waals surface area contributed by atoms with E-state index < -0.39 is 18.0 Å². The van der Waals surface area contributed by atoms with E-state index >= 15 is 0 Å². The molecule has 1 saturated carbocycles. The summed E-state index contributed by atoms with van der Waals surface area (Å²) in [5, 5.41) is 2.83. The largest absolute Gasteiger partial charge is 0.391 e. The molecule has 0 aliphatic heterocycles. The van der Waals surface area contributed by atoms with Gasteiger partial charge in [-0.3, -0.25) is 4.79 Å². The smallest absolute Gasteiger partial charge is 0.356 e. The van der Waals surface area contributed by atoms with E-state index in [1.807, 2.05) is 0 Å². The van der Waals surface area contributed by atoms with E-state index in [2.05, 4.69) is 12.2 Å². The van der Waals surface area contributed by atoms with Crippen LogP contribution in [0.5, 0.6) is 0 Å². The number of rotatable bonds is 7. The lowest BCUT2D eigenvalue weighted by molar-refractivity contribution is -0.186. The fourth-order valence-corrected chi connectivity index (χ4v) is 3.33. The Morgan fingerprint density at radius 1 is 1.33 bits per heavy atom. The predicted molar refractivity (Wildman–Crippen MR) is 78.2 cm³/mol. The van der Waals surface area contributed by atoms with Crippen LogP contribution in [0.25, 0.3) is 0 Å². The van der Waals surface area contributed by atoms with Gasteiger partial charge < -0.3 is 5.32 Å². The highest BCUT2D eigenvalue weighted by Crippen LogP contribution is 2.39. The van der Waals surface area contributed by atoms with E-state index in [1.54, 1.807) is 0 Å². The van der Waals surface area contributed by atoms with Crippen LogP contribution in [0, 0.1) is 17.8 Å². The Kier molecular flexibility index (Phi) is 7.85. The van der Waals surface area contributed by atoms with Gasteiger partial charge in [-0.2, -0.15) is 13.2 Å². The van der Waals surface area contributed by atoms with Crippen LogP contribution in [0.1, 0.15) is 51.9 Å². The fraction of sp³-hybridized carbons (Fsp3) is 0.933. The topological polar surface area (TPSA) is 29.1 Å². The van der Waals surface area contributed by atoms with E-state index in [4.69, 9.17) is 11.6 Å². The number of alkyl halides is 4. The molecule has 0 heterocycles. The Morgan fingerprint density at radius 2 is 2.05 bits per heavy atom. The second-order valence-corrected chi connectivity index (χ2v) is 6.36. The summed E-state index contributed by atoms with van der Waals surface area (Å²) in [5.74, 6) is -1.18. The highest BCUT2D eigenvalue weighted by Gasteiger charge is 2.43. The third-order valence-corrected chi connectivity index (χ3v) is 4.51. The molecule has 3 unspecified atom stereocenters. The number of carbonyl (C=O) groups excluding carboxylic acids is 1. The molecule has 0 aromatic carbocycles. The highest BCUT2D eigenvalue weighted by molar-refractivity contribution is 6.17. The first-order chi connectivity index (χ1) is 9.88. The van der Waals surface area contributed by atoms with Crippen LogP contribution in [-0.2, 0) is 4.79 Å². The highest BCUT2D eigenvalue weighted by atomic mass is 35.5. The first-order valence-corrected chi connectivity index (χ1v) is 8.32. The van der Waals surface area contributed by atoms with Gasteiger partial charge in [0.25, 0.3) is 0 Å². The standard InChI is InChI=1S/C15H25ClF3NO/c1-2-4-11(7-8-16)10-20-14(21)12-5-3-6-13(9-12)15(17,18)19/h11-13H,2-10H2,1H3,(H,20,21). The van der Waals surface area contributed by atoms with Crippen molar-refractivity contribution in [1.29, 1.82) is 0 Å². The van der Waals surface area contributed by atoms with E-state index in [9.17, 15) is 18.0 Å². The lowest BCUT2D eigenvalue weighted by Gasteiger charge is -2.30. The van der Waals surface area contributed by atoms with Crippen molar-refractivity contribution in [1.82, 2.24) is 5.32 Å². The summed E-state index contributed by atoms with van der Waals surface area (Å²) >= 11 is 5.73. The zero-order valence-corrected chi connectivity index (χ0v) is 13.3. The van der Waals surface area contributed by atoms with Crippen LogP contribution in [0.15, 0.2) is 0 Å². The normalized spacial score (nSPS) is 24.6. The molecule has 1 fully saturated rings. The van der Waals surface area contributed by atoms with Gasteiger partial charge in [-0.1, -0.05) is 19.8 Å². The Bertz CT molecular complexity index is 317. The quantitative estimate of drug-likeness (QED) is 0.684. The molecule has 0 saturated heterocycles. The molecule has 6 heteroatoms. The molecule has 0 aromatic heterocycles. The molecule has 0 radical (unpaired) electrons. The third kappa shape index (κ3) is 6.45. The number of halogens is 4. The number of amides is 1. The van der Waals surface area contributed by atoms with E-state index in [0.717, 1.165) is 19.3 Å². The van der Waals surface area contributed by atoms with Crippen LogP contribution in [-0.4, -0.2) is 24.5 Å². The third-order valence-electron chi connectivity index (χ3n) is 4.29. The number of carbonyl (C=O) groups is 1. The molecule has 0 spiro atoms. The summed E-state index contributed by atoms with van der Waals surface area (Å²) in [5.41, 5.74) is 0. The van der Waals surface area contributed by atoms with Gasteiger partial charge in [-0.15, -0.1) is 11.6 Å². The van der Waals surface area contributed by atoms with Gasteiger partial charge in [0.05, 0.1) is 5.92 Å². The van der Waals surface area contributed by atoms with Crippen LogP contribution in [0.2, 0.25) is 0 Å². The molecule has 0 aromatic rings. The Labute approximate surface area is 129 Å². The average Bonchev–Trinajstić information content (AvgIpc) is 2.44. The van der Waals surface area contributed by atoms with Crippen LogP contribution in [0.3, 0.4) is 0 Å². The molecule has 124 valence electrons. The van der Waals surface area contributed by atoms with Gasteiger partial charge in [0.1, 0.15) is 0 Å². The second kappa shape index (κ2) is 8.86. The van der Waals surface area contributed by atoms with E-state index in [-0.39, 0.29) is 18.7 Å². The minimum absolute atomic E-state index is 0.0662. The first kappa shape index (κ1) is 18.6. The molecular weight excluding hydrogens is 303 g/mol. The Hall–Kier alpha value is -0.450. The molecule has 21 heavy (non-hydrogen) atoms. The van der Waals surface area contributed by atoms with Gasteiger partial charge in [-0.05, 0) is 38.0 Å². The molecule has 1 N–H and O–H groups in total. The van der Waals surface area contributed by atoms with Crippen molar-refractivity contribution in [2.24, 2.45) is 17.8 Å². The van der Waals surface area contributed by atoms with E-state index in [1.165, 1.54) is 0 Å². The predicted octanol–water partition coefficient (Wildman–Crippen LogP) is 4.52. The molecule has 2 nitrogen and oxygen atoms in total. The van der Waals surface area contributed by atoms with Crippen LogP contribution in [0.4, 0.5) is 13.2 Å². The van der Waals surface area contributed by atoms with Crippen molar-refractivity contribution in [3.8, 4) is 0 Å². The lowest BCUT2D eigenvalue weighted by atomic mass is 9.80. The molecule has 1 aliphatic carbocycles.